The van der Waals surface area contributed by atoms with Gasteiger partial charge in [-0.1, -0.05) is 0 Å². The maximum Gasteiger partial charge on any atom is 0.254 e. The molecule has 1 amide bonds. The molecule has 0 unspecified atom stereocenters. The molecular formula is C12H8BrF2NOS. The SMILES string of the molecule is O=C(NCc1cc(Br)cs1)c1ccc(F)cc1F. The van der Waals surface area contributed by atoms with Crippen molar-refractivity contribution in [3.63, 3.8) is 0 Å². The van der Waals surface area contributed by atoms with Crippen molar-refractivity contribution in [2.24, 2.45) is 0 Å². The number of carbonyl (C=O) groups is 1. The van der Waals surface area contributed by atoms with Crippen LogP contribution >= 0.6 is 27.3 Å². The minimum atomic E-state index is -0.861. The van der Waals surface area contributed by atoms with Crippen molar-refractivity contribution in [2.45, 2.75) is 6.54 Å². The maximum absolute atomic E-state index is 13.3. The van der Waals surface area contributed by atoms with Crippen molar-refractivity contribution in [1.82, 2.24) is 5.32 Å². The monoisotopic (exact) mass is 331 g/mol. The zero-order chi connectivity index (χ0) is 13.1. The van der Waals surface area contributed by atoms with E-state index in [1.807, 2.05) is 11.4 Å². The summed E-state index contributed by atoms with van der Waals surface area (Å²) in [6, 6.07) is 4.74. The van der Waals surface area contributed by atoms with E-state index in [1.54, 1.807) is 0 Å². The summed E-state index contributed by atoms with van der Waals surface area (Å²) in [6.07, 6.45) is 0. The number of hydrogen-bond acceptors (Lipinski definition) is 2. The Morgan fingerprint density at radius 3 is 2.72 bits per heavy atom. The van der Waals surface area contributed by atoms with E-state index in [4.69, 9.17) is 0 Å². The Morgan fingerprint density at radius 1 is 1.33 bits per heavy atom. The van der Waals surface area contributed by atoms with Gasteiger partial charge >= 0.3 is 0 Å². The Kier molecular flexibility index (Phi) is 4.08. The van der Waals surface area contributed by atoms with Gasteiger partial charge in [-0.15, -0.1) is 11.3 Å². The highest BCUT2D eigenvalue weighted by atomic mass is 79.9. The average molecular weight is 332 g/mol. The fourth-order valence-corrected chi connectivity index (χ4v) is 2.77. The van der Waals surface area contributed by atoms with E-state index in [0.717, 1.165) is 21.5 Å². The molecule has 1 heterocycles. The smallest absolute Gasteiger partial charge is 0.254 e. The lowest BCUT2D eigenvalue weighted by Gasteiger charge is -2.04. The molecule has 0 bridgehead atoms. The Morgan fingerprint density at radius 2 is 2.11 bits per heavy atom. The Balaban J connectivity index is 2.03. The van der Waals surface area contributed by atoms with Gasteiger partial charge < -0.3 is 5.32 Å². The average Bonchev–Trinajstić information content (AvgIpc) is 2.72. The molecule has 1 N–H and O–H groups in total. The number of benzene rings is 1. The van der Waals surface area contributed by atoms with Crippen LogP contribution in [0.1, 0.15) is 15.2 Å². The lowest BCUT2D eigenvalue weighted by atomic mass is 10.2. The first-order valence-corrected chi connectivity index (χ1v) is 6.69. The van der Waals surface area contributed by atoms with Crippen molar-refractivity contribution in [2.75, 3.05) is 0 Å². The topological polar surface area (TPSA) is 29.1 Å². The van der Waals surface area contributed by atoms with Gasteiger partial charge in [0, 0.05) is 20.8 Å². The van der Waals surface area contributed by atoms with Crippen LogP contribution in [0.4, 0.5) is 8.78 Å². The van der Waals surface area contributed by atoms with E-state index < -0.39 is 17.5 Å². The van der Waals surface area contributed by atoms with E-state index in [-0.39, 0.29) is 5.56 Å². The number of carbonyl (C=O) groups excluding carboxylic acids is 1. The molecule has 6 heteroatoms. The van der Waals surface area contributed by atoms with Crippen LogP contribution in [0.15, 0.2) is 34.1 Å². The maximum atomic E-state index is 13.3. The molecule has 0 spiro atoms. The second kappa shape index (κ2) is 5.58. The first kappa shape index (κ1) is 13.2. The number of hydrogen-bond donors (Lipinski definition) is 1. The molecule has 0 radical (unpaired) electrons. The Labute approximate surface area is 115 Å². The van der Waals surface area contributed by atoms with Crippen LogP contribution in [0.3, 0.4) is 0 Å². The van der Waals surface area contributed by atoms with Crippen molar-refractivity contribution >= 4 is 33.2 Å². The van der Waals surface area contributed by atoms with Crippen molar-refractivity contribution < 1.29 is 13.6 Å². The molecule has 0 atom stereocenters. The summed E-state index contributed by atoms with van der Waals surface area (Å²) in [5, 5.41) is 4.47. The summed E-state index contributed by atoms with van der Waals surface area (Å²) in [5.41, 5.74) is -0.160. The molecule has 0 aliphatic carbocycles. The fraction of sp³-hybridized carbons (Fsp3) is 0.0833. The summed E-state index contributed by atoms with van der Waals surface area (Å²) >= 11 is 4.78. The van der Waals surface area contributed by atoms with Crippen molar-refractivity contribution in [3.05, 3.63) is 56.2 Å². The zero-order valence-corrected chi connectivity index (χ0v) is 11.4. The van der Waals surface area contributed by atoms with Crippen LogP contribution in [-0.2, 0) is 6.54 Å². The number of thiophene rings is 1. The van der Waals surface area contributed by atoms with Gasteiger partial charge in [-0.25, -0.2) is 8.78 Å². The van der Waals surface area contributed by atoms with Crippen LogP contribution in [-0.4, -0.2) is 5.91 Å². The molecular weight excluding hydrogens is 324 g/mol. The highest BCUT2D eigenvalue weighted by Crippen LogP contribution is 2.19. The largest absolute Gasteiger partial charge is 0.347 e. The van der Waals surface area contributed by atoms with Gasteiger partial charge in [0.15, 0.2) is 0 Å². The third-order valence-corrected chi connectivity index (χ3v) is 3.92. The van der Waals surface area contributed by atoms with Gasteiger partial charge in [-0.05, 0) is 34.1 Å². The fourth-order valence-electron chi connectivity index (χ4n) is 1.38. The molecule has 94 valence electrons. The number of rotatable bonds is 3. The molecule has 0 fully saturated rings. The van der Waals surface area contributed by atoms with E-state index in [2.05, 4.69) is 21.2 Å². The van der Waals surface area contributed by atoms with Crippen LogP contribution < -0.4 is 5.32 Å². The second-order valence-electron chi connectivity index (χ2n) is 3.54. The molecule has 18 heavy (non-hydrogen) atoms. The highest BCUT2D eigenvalue weighted by Gasteiger charge is 2.12. The normalized spacial score (nSPS) is 10.4. The van der Waals surface area contributed by atoms with E-state index in [1.165, 1.54) is 11.3 Å². The van der Waals surface area contributed by atoms with Gasteiger partial charge in [0.05, 0.1) is 12.1 Å². The Hall–Kier alpha value is -1.27. The minimum Gasteiger partial charge on any atom is -0.347 e. The summed E-state index contributed by atoms with van der Waals surface area (Å²) in [7, 11) is 0. The summed E-state index contributed by atoms with van der Waals surface area (Å²) in [6.45, 7) is 0.311. The third kappa shape index (κ3) is 3.14. The van der Waals surface area contributed by atoms with Gasteiger partial charge in [0.1, 0.15) is 11.6 Å². The first-order valence-electron chi connectivity index (χ1n) is 5.02. The van der Waals surface area contributed by atoms with Gasteiger partial charge in [-0.3, -0.25) is 4.79 Å². The first-order chi connectivity index (χ1) is 8.56. The summed E-state index contributed by atoms with van der Waals surface area (Å²) in [4.78, 5) is 12.6. The standard InChI is InChI=1S/C12H8BrF2NOS/c13-7-3-9(18-6-7)5-16-12(17)10-2-1-8(14)4-11(10)15/h1-4,6H,5H2,(H,16,17). The summed E-state index contributed by atoms with van der Waals surface area (Å²) in [5.74, 6) is -2.12. The minimum absolute atomic E-state index is 0.160. The van der Waals surface area contributed by atoms with Crippen molar-refractivity contribution in [3.8, 4) is 0 Å². The lowest BCUT2D eigenvalue weighted by Crippen LogP contribution is -2.23. The predicted molar refractivity (Wildman–Crippen MR) is 69.5 cm³/mol. The van der Waals surface area contributed by atoms with E-state index in [9.17, 15) is 13.6 Å². The van der Waals surface area contributed by atoms with E-state index in [0.29, 0.717) is 12.6 Å². The van der Waals surface area contributed by atoms with Crippen molar-refractivity contribution in [1.29, 1.82) is 0 Å². The van der Waals surface area contributed by atoms with Gasteiger partial charge in [0.2, 0.25) is 0 Å². The predicted octanol–water partition coefficient (Wildman–Crippen LogP) is 3.72. The quantitative estimate of drug-likeness (QED) is 0.912. The molecule has 1 aromatic carbocycles. The number of amides is 1. The second-order valence-corrected chi connectivity index (χ2v) is 5.45. The molecule has 2 rings (SSSR count). The number of nitrogens with one attached hydrogen (secondary N) is 1. The molecule has 0 aliphatic heterocycles. The molecule has 2 nitrogen and oxygen atoms in total. The van der Waals surface area contributed by atoms with Crippen LogP contribution in [0.5, 0.6) is 0 Å². The van der Waals surface area contributed by atoms with Crippen LogP contribution in [0.2, 0.25) is 0 Å². The zero-order valence-electron chi connectivity index (χ0n) is 9.04. The molecule has 0 saturated carbocycles. The highest BCUT2D eigenvalue weighted by molar-refractivity contribution is 9.10. The van der Waals surface area contributed by atoms with Gasteiger partial charge in [0.25, 0.3) is 5.91 Å². The third-order valence-electron chi connectivity index (χ3n) is 2.22. The lowest BCUT2D eigenvalue weighted by molar-refractivity contribution is 0.0947. The molecule has 0 saturated heterocycles. The molecule has 0 aliphatic rings. The van der Waals surface area contributed by atoms with Crippen LogP contribution in [0, 0.1) is 11.6 Å². The van der Waals surface area contributed by atoms with Gasteiger partial charge in [-0.2, -0.15) is 0 Å². The number of halogens is 3. The van der Waals surface area contributed by atoms with E-state index >= 15 is 0 Å². The molecule has 1 aromatic heterocycles. The molecule has 2 aromatic rings. The summed E-state index contributed by atoms with van der Waals surface area (Å²) < 4.78 is 26.9. The van der Waals surface area contributed by atoms with Crippen LogP contribution in [0.25, 0.3) is 0 Å². The Bertz CT molecular complexity index is 585.